The number of nitrogens with one attached hydrogen (secondary N) is 2. The molecule has 1 aliphatic rings. The van der Waals surface area contributed by atoms with Gasteiger partial charge in [-0.2, -0.15) is 0 Å². The summed E-state index contributed by atoms with van der Waals surface area (Å²) in [6.07, 6.45) is 0.730. The fourth-order valence-electron chi connectivity index (χ4n) is 2.53. The highest BCUT2D eigenvalue weighted by Gasteiger charge is 2.34. The van der Waals surface area contributed by atoms with E-state index in [0.717, 1.165) is 6.42 Å². The Morgan fingerprint density at radius 2 is 2.12 bits per heavy atom. The van der Waals surface area contributed by atoms with E-state index in [-0.39, 0.29) is 11.3 Å². The number of amides is 2. The van der Waals surface area contributed by atoms with Gasteiger partial charge in [-0.25, -0.2) is 9.59 Å². The lowest BCUT2D eigenvalue weighted by molar-refractivity contribution is -0.385. The Morgan fingerprint density at radius 3 is 2.72 bits per heavy atom. The second-order valence-electron chi connectivity index (χ2n) is 5.39. The van der Waals surface area contributed by atoms with E-state index in [1.165, 1.54) is 25.3 Å². The molecule has 0 saturated heterocycles. The Hall–Kier alpha value is -3.10. The third kappa shape index (κ3) is 3.87. The first-order chi connectivity index (χ1) is 11.9. The molecular formula is C16H19N3O6. The van der Waals surface area contributed by atoms with Gasteiger partial charge in [-0.15, -0.1) is 0 Å². The SMILES string of the molecule is CCCOc1ccc([N+](=O)[O-])cc1C1NC(=O)NC(C)=C1C(=O)OC. The molecule has 9 nitrogen and oxygen atoms in total. The summed E-state index contributed by atoms with van der Waals surface area (Å²) in [4.78, 5) is 34.6. The van der Waals surface area contributed by atoms with Crippen molar-refractivity contribution in [1.29, 1.82) is 0 Å². The summed E-state index contributed by atoms with van der Waals surface area (Å²) in [5, 5.41) is 16.2. The number of methoxy groups -OCH3 is 1. The number of nitro groups is 1. The van der Waals surface area contributed by atoms with E-state index >= 15 is 0 Å². The number of ether oxygens (including phenoxy) is 2. The molecule has 1 atom stereocenters. The molecule has 2 N–H and O–H groups in total. The van der Waals surface area contributed by atoms with Crippen LogP contribution in [0.1, 0.15) is 31.9 Å². The zero-order valence-corrected chi connectivity index (χ0v) is 14.1. The van der Waals surface area contributed by atoms with Crippen molar-refractivity contribution < 1.29 is 24.0 Å². The average molecular weight is 349 g/mol. The number of nitro benzene ring substituents is 1. The van der Waals surface area contributed by atoms with Crippen LogP contribution in [0.5, 0.6) is 5.75 Å². The average Bonchev–Trinajstić information content (AvgIpc) is 2.58. The number of carbonyl (C=O) groups is 2. The summed E-state index contributed by atoms with van der Waals surface area (Å²) in [5.41, 5.74) is 0.614. The smallest absolute Gasteiger partial charge is 0.337 e. The molecule has 1 aromatic rings. The summed E-state index contributed by atoms with van der Waals surface area (Å²) < 4.78 is 10.4. The molecule has 0 bridgehead atoms. The van der Waals surface area contributed by atoms with E-state index in [0.29, 0.717) is 23.6 Å². The van der Waals surface area contributed by atoms with Crippen molar-refractivity contribution in [3.05, 3.63) is 45.1 Å². The quantitative estimate of drug-likeness (QED) is 0.461. The number of esters is 1. The van der Waals surface area contributed by atoms with E-state index in [2.05, 4.69) is 10.6 Å². The highest BCUT2D eigenvalue weighted by molar-refractivity contribution is 5.95. The number of urea groups is 1. The minimum absolute atomic E-state index is 0.156. The van der Waals surface area contributed by atoms with Crippen LogP contribution in [-0.4, -0.2) is 30.6 Å². The number of hydrogen-bond acceptors (Lipinski definition) is 6. The summed E-state index contributed by atoms with van der Waals surface area (Å²) in [5.74, 6) is -0.295. The van der Waals surface area contributed by atoms with Crippen LogP contribution < -0.4 is 15.4 Å². The number of hydrogen-bond donors (Lipinski definition) is 2. The molecule has 0 saturated carbocycles. The lowest BCUT2D eigenvalue weighted by atomic mass is 9.94. The predicted molar refractivity (Wildman–Crippen MR) is 88.0 cm³/mol. The minimum Gasteiger partial charge on any atom is -0.493 e. The van der Waals surface area contributed by atoms with Gasteiger partial charge in [-0.05, 0) is 19.4 Å². The second kappa shape index (κ2) is 7.65. The molecule has 1 unspecified atom stereocenters. The Kier molecular flexibility index (Phi) is 5.58. The first kappa shape index (κ1) is 18.2. The van der Waals surface area contributed by atoms with Crippen molar-refractivity contribution in [3.63, 3.8) is 0 Å². The van der Waals surface area contributed by atoms with Gasteiger partial charge >= 0.3 is 12.0 Å². The third-order valence-electron chi connectivity index (χ3n) is 3.65. The maximum Gasteiger partial charge on any atom is 0.337 e. The van der Waals surface area contributed by atoms with Crippen LogP contribution >= 0.6 is 0 Å². The van der Waals surface area contributed by atoms with Crippen molar-refractivity contribution in [1.82, 2.24) is 10.6 Å². The van der Waals surface area contributed by atoms with Gasteiger partial charge in [0.1, 0.15) is 5.75 Å². The molecule has 0 aliphatic carbocycles. The first-order valence-electron chi connectivity index (χ1n) is 7.66. The third-order valence-corrected chi connectivity index (χ3v) is 3.65. The Morgan fingerprint density at radius 1 is 1.40 bits per heavy atom. The molecule has 1 heterocycles. The number of rotatable bonds is 6. The van der Waals surface area contributed by atoms with E-state index in [4.69, 9.17) is 9.47 Å². The largest absolute Gasteiger partial charge is 0.493 e. The number of benzene rings is 1. The highest BCUT2D eigenvalue weighted by Crippen LogP contribution is 2.36. The zero-order chi connectivity index (χ0) is 18.6. The van der Waals surface area contributed by atoms with Crippen molar-refractivity contribution in [2.45, 2.75) is 26.3 Å². The van der Waals surface area contributed by atoms with Crippen LogP contribution in [0.15, 0.2) is 29.5 Å². The number of non-ortho nitro benzene ring substituents is 1. The van der Waals surface area contributed by atoms with Crippen LogP contribution in [0.25, 0.3) is 0 Å². The summed E-state index contributed by atoms with van der Waals surface area (Å²) in [6, 6.07) is 2.61. The fourth-order valence-corrected chi connectivity index (χ4v) is 2.53. The highest BCUT2D eigenvalue weighted by atomic mass is 16.6. The number of nitrogens with zero attached hydrogens (tertiary/aromatic N) is 1. The number of carbonyl (C=O) groups excluding carboxylic acids is 2. The minimum atomic E-state index is -0.923. The van der Waals surface area contributed by atoms with Gasteiger partial charge in [0, 0.05) is 23.4 Å². The second-order valence-corrected chi connectivity index (χ2v) is 5.39. The Balaban J connectivity index is 2.60. The molecule has 134 valence electrons. The Labute approximate surface area is 144 Å². The van der Waals surface area contributed by atoms with Gasteiger partial charge in [0.05, 0.1) is 30.3 Å². The number of allylic oxidation sites excluding steroid dienone is 1. The maximum atomic E-state index is 12.2. The van der Waals surface area contributed by atoms with Gasteiger partial charge in [0.2, 0.25) is 0 Å². The molecule has 1 aromatic carbocycles. The van der Waals surface area contributed by atoms with Crippen LogP contribution in [0.4, 0.5) is 10.5 Å². The Bertz CT molecular complexity index is 743. The van der Waals surface area contributed by atoms with Gasteiger partial charge in [-0.3, -0.25) is 10.1 Å². The predicted octanol–water partition coefficient (Wildman–Crippen LogP) is 2.18. The van der Waals surface area contributed by atoms with Crippen LogP contribution in [-0.2, 0) is 9.53 Å². The molecule has 0 fully saturated rings. The summed E-state index contributed by atoms with van der Waals surface area (Å²) in [7, 11) is 1.22. The summed E-state index contributed by atoms with van der Waals surface area (Å²) >= 11 is 0. The van der Waals surface area contributed by atoms with Gasteiger partial charge < -0.3 is 20.1 Å². The standard InChI is InChI=1S/C16H19N3O6/c1-4-7-25-12-6-5-10(19(22)23)8-11(12)14-13(15(20)24-3)9(2)17-16(21)18-14/h5-6,8,14H,4,7H2,1-3H3,(H2,17,18,21). The van der Waals surface area contributed by atoms with Crippen molar-refractivity contribution in [3.8, 4) is 5.75 Å². The molecule has 0 aromatic heterocycles. The normalized spacial score (nSPS) is 16.8. The maximum absolute atomic E-state index is 12.2. The molecule has 2 amide bonds. The van der Waals surface area contributed by atoms with E-state index in [1.54, 1.807) is 6.92 Å². The molecule has 0 radical (unpaired) electrons. The van der Waals surface area contributed by atoms with E-state index < -0.39 is 23.0 Å². The van der Waals surface area contributed by atoms with Crippen molar-refractivity contribution in [2.75, 3.05) is 13.7 Å². The topological polar surface area (TPSA) is 120 Å². The zero-order valence-electron chi connectivity index (χ0n) is 14.1. The lowest BCUT2D eigenvalue weighted by Gasteiger charge is -2.28. The van der Waals surface area contributed by atoms with E-state index in [1.807, 2.05) is 6.92 Å². The molecule has 25 heavy (non-hydrogen) atoms. The van der Waals surface area contributed by atoms with Crippen molar-refractivity contribution >= 4 is 17.7 Å². The van der Waals surface area contributed by atoms with E-state index in [9.17, 15) is 19.7 Å². The van der Waals surface area contributed by atoms with Gasteiger partial charge in [0.15, 0.2) is 0 Å². The van der Waals surface area contributed by atoms with Gasteiger partial charge in [-0.1, -0.05) is 6.92 Å². The van der Waals surface area contributed by atoms with Crippen LogP contribution in [0.3, 0.4) is 0 Å². The summed E-state index contributed by atoms with van der Waals surface area (Å²) in [6.45, 7) is 3.86. The fraction of sp³-hybridized carbons (Fsp3) is 0.375. The first-order valence-corrected chi connectivity index (χ1v) is 7.66. The monoisotopic (exact) mass is 349 g/mol. The molecule has 2 rings (SSSR count). The molecular weight excluding hydrogens is 330 g/mol. The van der Waals surface area contributed by atoms with Crippen molar-refractivity contribution in [2.24, 2.45) is 0 Å². The van der Waals surface area contributed by atoms with Crippen LogP contribution in [0, 0.1) is 10.1 Å². The molecule has 0 spiro atoms. The van der Waals surface area contributed by atoms with Gasteiger partial charge in [0.25, 0.3) is 5.69 Å². The van der Waals surface area contributed by atoms with Crippen LogP contribution in [0.2, 0.25) is 0 Å². The molecule has 9 heteroatoms. The molecule has 1 aliphatic heterocycles. The lowest BCUT2D eigenvalue weighted by Crippen LogP contribution is -2.45.